The van der Waals surface area contributed by atoms with E-state index >= 15 is 0 Å². The summed E-state index contributed by atoms with van der Waals surface area (Å²) in [5.41, 5.74) is 3.33. The van der Waals surface area contributed by atoms with Gasteiger partial charge in [-0.1, -0.05) is 18.2 Å². The van der Waals surface area contributed by atoms with E-state index in [9.17, 15) is 4.79 Å². The van der Waals surface area contributed by atoms with Crippen molar-refractivity contribution in [1.29, 1.82) is 0 Å². The van der Waals surface area contributed by atoms with Crippen LogP contribution < -0.4 is 4.90 Å². The quantitative estimate of drug-likeness (QED) is 0.862. The average Bonchev–Trinajstić information content (AvgIpc) is 2.93. The van der Waals surface area contributed by atoms with Crippen molar-refractivity contribution in [2.24, 2.45) is 0 Å². The van der Waals surface area contributed by atoms with E-state index in [0.29, 0.717) is 6.42 Å². The second-order valence-electron chi connectivity index (χ2n) is 4.66. The Bertz CT molecular complexity index is 687. The molecule has 0 spiro atoms. The molecule has 0 fully saturated rings. The van der Waals surface area contributed by atoms with Gasteiger partial charge in [-0.05, 0) is 37.2 Å². The van der Waals surface area contributed by atoms with Crippen molar-refractivity contribution in [1.82, 2.24) is 4.98 Å². The molecule has 0 saturated heterocycles. The van der Waals surface area contributed by atoms with E-state index in [4.69, 9.17) is 12.2 Å². The van der Waals surface area contributed by atoms with Crippen LogP contribution in [0.5, 0.6) is 0 Å². The van der Waals surface area contributed by atoms with Crippen LogP contribution in [-0.4, -0.2) is 17.4 Å². The number of carbonyl (C=O) groups is 1. The van der Waals surface area contributed by atoms with Crippen molar-refractivity contribution in [3.8, 4) is 0 Å². The molecule has 98 valence electrons. The molecular formula is C14H14N2OS2. The molecule has 2 aromatic rings. The number of aromatic amines is 1. The molecule has 0 bridgehead atoms. The molecule has 1 aliphatic rings. The van der Waals surface area contributed by atoms with Gasteiger partial charge in [-0.2, -0.15) is 0 Å². The normalized spacial score (nSPS) is 13.6. The highest BCUT2D eigenvalue weighted by molar-refractivity contribution is 7.73. The summed E-state index contributed by atoms with van der Waals surface area (Å²) in [7, 11) is 0. The lowest BCUT2D eigenvalue weighted by atomic mass is 10.2. The van der Waals surface area contributed by atoms with Crippen LogP contribution in [-0.2, 0) is 17.6 Å². The largest absolute Gasteiger partial charge is 0.341 e. The van der Waals surface area contributed by atoms with E-state index < -0.39 is 0 Å². The minimum atomic E-state index is 0.151. The maximum atomic E-state index is 12.4. The number of nitrogens with zero attached hydrogens (tertiary/aromatic N) is 1. The number of anilines is 1. The number of nitrogens with one attached hydrogen (secondary N) is 1. The van der Waals surface area contributed by atoms with Crippen LogP contribution in [0, 0.1) is 10.9 Å². The number of para-hydroxylation sites is 1. The molecule has 3 nitrogen and oxygen atoms in total. The van der Waals surface area contributed by atoms with Crippen LogP contribution in [0.2, 0.25) is 0 Å². The third-order valence-corrected chi connectivity index (χ3v) is 4.76. The van der Waals surface area contributed by atoms with Gasteiger partial charge in [-0.25, -0.2) is 0 Å². The molecule has 0 unspecified atom stereocenters. The lowest BCUT2D eigenvalue weighted by molar-refractivity contribution is -0.117. The zero-order valence-electron chi connectivity index (χ0n) is 10.6. The number of thiazole rings is 1. The standard InChI is InChI=1S/C14H14N2OS2/c1-9-12(19-14(18)15-9)8-13(17)16-7-6-10-4-2-3-5-11(10)16/h2-5H,6-8H2,1H3,(H,15,18). The van der Waals surface area contributed by atoms with E-state index in [1.54, 1.807) is 0 Å². The van der Waals surface area contributed by atoms with Crippen LogP contribution in [0.4, 0.5) is 5.69 Å². The molecule has 1 aliphatic heterocycles. The fourth-order valence-corrected chi connectivity index (χ4v) is 3.72. The molecule has 5 heteroatoms. The molecule has 0 saturated carbocycles. The summed E-state index contributed by atoms with van der Waals surface area (Å²) in [6, 6.07) is 8.12. The number of benzene rings is 1. The monoisotopic (exact) mass is 290 g/mol. The Kier molecular flexibility index (Phi) is 3.24. The Hall–Kier alpha value is -1.46. The van der Waals surface area contributed by atoms with Gasteiger partial charge in [0.2, 0.25) is 5.91 Å². The summed E-state index contributed by atoms with van der Waals surface area (Å²) in [6.07, 6.45) is 1.38. The number of hydrogen-bond acceptors (Lipinski definition) is 3. The lowest BCUT2D eigenvalue weighted by Gasteiger charge is -2.16. The number of aromatic nitrogens is 1. The number of carbonyl (C=O) groups excluding carboxylic acids is 1. The third-order valence-electron chi connectivity index (χ3n) is 3.42. The Morgan fingerprint density at radius 3 is 3.00 bits per heavy atom. The Morgan fingerprint density at radius 1 is 1.47 bits per heavy atom. The number of aryl methyl sites for hydroxylation is 1. The molecule has 2 heterocycles. The predicted octanol–water partition coefficient (Wildman–Crippen LogP) is 3.25. The fraction of sp³-hybridized carbons (Fsp3) is 0.286. The molecule has 0 aliphatic carbocycles. The first-order valence-electron chi connectivity index (χ1n) is 6.22. The van der Waals surface area contributed by atoms with Gasteiger partial charge >= 0.3 is 0 Å². The Morgan fingerprint density at radius 2 is 2.26 bits per heavy atom. The van der Waals surface area contributed by atoms with Crippen molar-refractivity contribution in [2.75, 3.05) is 11.4 Å². The van der Waals surface area contributed by atoms with Gasteiger partial charge in [0.15, 0.2) is 3.95 Å². The summed E-state index contributed by atoms with van der Waals surface area (Å²) >= 11 is 6.60. The van der Waals surface area contributed by atoms with Gasteiger partial charge in [-0.3, -0.25) is 4.79 Å². The average molecular weight is 290 g/mol. The van der Waals surface area contributed by atoms with Gasteiger partial charge in [0.1, 0.15) is 0 Å². The number of H-pyrrole nitrogens is 1. The van der Waals surface area contributed by atoms with Gasteiger partial charge in [0.05, 0.1) is 6.42 Å². The smallest absolute Gasteiger partial charge is 0.232 e. The van der Waals surface area contributed by atoms with Crippen LogP contribution in [0.3, 0.4) is 0 Å². The van der Waals surface area contributed by atoms with Crippen molar-refractivity contribution in [3.63, 3.8) is 0 Å². The third kappa shape index (κ3) is 2.35. The molecule has 0 atom stereocenters. The van der Waals surface area contributed by atoms with Gasteiger partial charge in [-0.15, -0.1) is 11.3 Å². The van der Waals surface area contributed by atoms with Crippen LogP contribution >= 0.6 is 23.6 Å². The van der Waals surface area contributed by atoms with Crippen molar-refractivity contribution in [2.45, 2.75) is 19.8 Å². The second kappa shape index (κ2) is 4.90. The number of amides is 1. The maximum Gasteiger partial charge on any atom is 0.232 e. The summed E-state index contributed by atoms with van der Waals surface area (Å²) in [4.78, 5) is 18.4. The first-order valence-corrected chi connectivity index (χ1v) is 7.44. The molecule has 1 amide bonds. The van der Waals surface area contributed by atoms with Crippen LogP contribution in [0.25, 0.3) is 0 Å². The van der Waals surface area contributed by atoms with E-state index in [1.165, 1.54) is 16.9 Å². The molecule has 19 heavy (non-hydrogen) atoms. The minimum Gasteiger partial charge on any atom is -0.341 e. The summed E-state index contributed by atoms with van der Waals surface area (Å²) in [6.45, 7) is 2.75. The second-order valence-corrected chi connectivity index (χ2v) is 6.44. The first-order chi connectivity index (χ1) is 9.15. The Labute approximate surface area is 120 Å². The van der Waals surface area contributed by atoms with Gasteiger partial charge < -0.3 is 9.88 Å². The Balaban J connectivity index is 1.83. The molecule has 1 N–H and O–H groups in total. The van der Waals surface area contributed by atoms with E-state index in [0.717, 1.165) is 33.2 Å². The lowest BCUT2D eigenvalue weighted by Crippen LogP contribution is -2.30. The van der Waals surface area contributed by atoms with Crippen molar-refractivity contribution in [3.05, 3.63) is 44.4 Å². The van der Waals surface area contributed by atoms with Crippen LogP contribution in [0.1, 0.15) is 16.1 Å². The van der Waals surface area contributed by atoms with E-state index in [-0.39, 0.29) is 5.91 Å². The highest BCUT2D eigenvalue weighted by atomic mass is 32.1. The first kappa shape index (κ1) is 12.6. The SMILES string of the molecule is Cc1[nH]c(=S)sc1CC(=O)N1CCc2ccccc21. The molecule has 1 aromatic carbocycles. The van der Waals surface area contributed by atoms with Crippen molar-refractivity contribution >= 4 is 35.1 Å². The fourth-order valence-electron chi connectivity index (χ4n) is 2.44. The molecule has 1 aromatic heterocycles. The minimum absolute atomic E-state index is 0.151. The molecule has 3 rings (SSSR count). The van der Waals surface area contributed by atoms with Gasteiger partial charge in [0.25, 0.3) is 0 Å². The van der Waals surface area contributed by atoms with E-state index in [1.807, 2.05) is 30.0 Å². The highest BCUT2D eigenvalue weighted by Gasteiger charge is 2.24. The van der Waals surface area contributed by atoms with Crippen LogP contribution in [0.15, 0.2) is 24.3 Å². The zero-order chi connectivity index (χ0) is 13.4. The van der Waals surface area contributed by atoms with E-state index in [2.05, 4.69) is 11.1 Å². The summed E-state index contributed by atoms with van der Waals surface area (Å²) in [5, 5.41) is 0. The topological polar surface area (TPSA) is 36.1 Å². The van der Waals surface area contributed by atoms with Crippen molar-refractivity contribution < 1.29 is 4.79 Å². The summed E-state index contributed by atoms with van der Waals surface area (Å²) in [5.74, 6) is 0.151. The number of hydrogen-bond donors (Lipinski definition) is 1. The molecule has 0 radical (unpaired) electrons. The zero-order valence-corrected chi connectivity index (χ0v) is 12.2. The number of fused-ring (bicyclic) bond motifs is 1. The predicted molar refractivity (Wildman–Crippen MR) is 80.4 cm³/mol. The maximum absolute atomic E-state index is 12.4. The number of rotatable bonds is 2. The van der Waals surface area contributed by atoms with Gasteiger partial charge in [0, 0.05) is 22.8 Å². The summed E-state index contributed by atoms with van der Waals surface area (Å²) < 4.78 is 0.738. The highest BCUT2D eigenvalue weighted by Crippen LogP contribution is 2.28. The molecular weight excluding hydrogens is 276 g/mol.